The van der Waals surface area contributed by atoms with Gasteiger partial charge in [0.05, 0.1) is 31.1 Å². The number of nitrogens with zero attached hydrogens (tertiary/aromatic N) is 2. The van der Waals surface area contributed by atoms with Crippen molar-refractivity contribution in [2.75, 3.05) is 12.1 Å². The van der Waals surface area contributed by atoms with E-state index < -0.39 is 0 Å². The van der Waals surface area contributed by atoms with Crippen LogP contribution in [0, 0.1) is 0 Å². The summed E-state index contributed by atoms with van der Waals surface area (Å²) < 4.78 is 10.7. The van der Waals surface area contributed by atoms with Crippen LogP contribution >= 0.6 is 0 Å². The van der Waals surface area contributed by atoms with Gasteiger partial charge in [-0.15, -0.1) is 0 Å². The normalized spacial score (nSPS) is 10.9. The highest BCUT2D eigenvalue weighted by molar-refractivity contribution is 5.90. The number of methoxy groups -OCH3 is 1. The highest BCUT2D eigenvalue weighted by Gasteiger charge is 2.10. The Bertz CT molecular complexity index is 1170. The number of benzene rings is 3. The molecular weight excluding hydrogens is 388 g/mol. The van der Waals surface area contributed by atoms with Gasteiger partial charge in [0.15, 0.2) is 0 Å². The Morgan fingerprint density at radius 1 is 0.935 bits per heavy atom. The predicted octanol–water partition coefficient (Wildman–Crippen LogP) is 5.77. The molecule has 5 heteroatoms. The molecule has 0 N–H and O–H groups in total. The Morgan fingerprint density at radius 2 is 1.68 bits per heavy atom. The molecule has 4 rings (SSSR count). The van der Waals surface area contributed by atoms with E-state index >= 15 is 0 Å². The van der Waals surface area contributed by atoms with Gasteiger partial charge in [-0.2, -0.15) is 5.10 Å². The lowest BCUT2D eigenvalue weighted by Crippen LogP contribution is -2.15. The number of hydrazone groups is 1. The minimum atomic E-state index is -0.380. The maximum atomic E-state index is 11.8. The van der Waals surface area contributed by atoms with Crippen LogP contribution in [0.4, 0.5) is 5.69 Å². The monoisotopic (exact) mass is 410 g/mol. The summed E-state index contributed by atoms with van der Waals surface area (Å²) in [4.78, 5) is 11.8. The van der Waals surface area contributed by atoms with E-state index in [-0.39, 0.29) is 5.97 Å². The molecule has 0 aliphatic carbocycles. The van der Waals surface area contributed by atoms with Gasteiger partial charge in [0.2, 0.25) is 0 Å². The van der Waals surface area contributed by atoms with Gasteiger partial charge in [-0.25, -0.2) is 4.79 Å². The number of carbonyl (C=O) groups excluding carboxylic acids is 1. The summed E-state index contributed by atoms with van der Waals surface area (Å²) in [6.45, 7) is 0.635. The molecule has 0 amide bonds. The fraction of sp³-hybridized carbons (Fsp3) is 0.0769. The smallest absolute Gasteiger partial charge is 0.337 e. The molecule has 0 unspecified atom stereocenters. The van der Waals surface area contributed by atoms with E-state index in [1.54, 1.807) is 24.4 Å². The van der Waals surface area contributed by atoms with Crippen LogP contribution in [-0.2, 0) is 11.3 Å². The Hall–Kier alpha value is -4.12. The predicted molar refractivity (Wildman–Crippen MR) is 122 cm³/mol. The summed E-state index contributed by atoms with van der Waals surface area (Å²) in [6, 6.07) is 31.0. The number of esters is 1. The number of furan rings is 1. The highest BCUT2D eigenvalue weighted by atomic mass is 16.5. The van der Waals surface area contributed by atoms with E-state index in [0.29, 0.717) is 23.6 Å². The van der Waals surface area contributed by atoms with Gasteiger partial charge >= 0.3 is 5.97 Å². The van der Waals surface area contributed by atoms with E-state index in [9.17, 15) is 4.79 Å². The van der Waals surface area contributed by atoms with E-state index in [4.69, 9.17) is 9.15 Å². The SMILES string of the molecule is COC(=O)c1cccc(-c2ccc(C=NN(Cc3ccccc3)c3ccccc3)o2)c1. The van der Waals surface area contributed by atoms with Gasteiger partial charge in [0.1, 0.15) is 11.5 Å². The van der Waals surface area contributed by atoms with Crippen LogP contribution in [-0.4, -0.2) is 19.3 Å². The van der Waals surface area contributed by atoms with Gasteiger partial charge in [-0.3, -0.25) is 5.01 Å². The Kier molecular flexibility index (Phi) is 6.24. The first-order valence-corrected chi connectivity index (χ1v) is 9.92. The molecule has 0 saturated carbocycles. The van der Waals surface area contributed by atoms with E-state index in [2.05, 4.69) is 17.2 Å². The first-order chi connectivity index (χ1) is 15.2. The topological polar surface area (TPSA) is 55.0 Å². The first-order valence-electron chi connectivity index (χ1n) is 9.92. The summed E-state index contributed by atoms with van der Waals surface area (Å²) in [7, 11) is 1.37. The number of hydrogen-bond acceptors (Lipinski definition) is 5. The minimum Gasteiger partial charge on any atom is -0.465 e. The zero-order valence-electron chi connectivity index (χ0n) is 17.1. The zero-order valence-corrected chi connectivity index (χ0v) is 17.1. The third-order valence-corrected chi connectivity index (χ3v) is 4.75. The molecule has 0 bridgehead atoms. The first kappa shape index (κ1) is 20.2. The molecule has 0 fully saturated rings. The molecule has 0 aliphatic rings. The average Bonchev–Trinajstić information content (AvgIpc) is 3.31. The summed E-state index contributed by atoms with van der Waals surface area (Å²) in [6.07, 6.45) is 1.70. The van der Waals surface area contributed by atoms with Crippen LogP contribution in [0.5, 0.6) is 0 Å². The van der Waals surface area contributed by atoms with Crippen molar-refractivity contribution in [1.82, 2.24) is 0 Å². The summed E-state index contributed by atoms with van der Waals surface area (Å²) >= 11 is 0. The lowest BCUT2D eigenvalue weighted by Gasteiger charge is -2.19. The number of para-hydroxylation sites is 1. The Morgan fingerprint density at radius 3 is 2.42 bits per heavy atom. The number of anilines is 1. The molecule has 0 atom stereocenters. The molecule has 3 aromatic carbocycles. The molecule has 4 aromatic rings. The van der Waals surface area contributed by atoms with Crippen LogP contribution in [0.15, 0.2) is 107 Å². The van der Waals surface area contributed by atoms with Crippen molar-refractivity contribution in [3.05, 3.63) is 114 Å². The van der Waals surface area contributed by atoms with Crippen LogP contribution in [0.25, 0.3) is 11.3 Å². The quantitative estimate of drug-likeness (QED) is 0.220. The fourth-order valence-electron chi connectivity index (χ4n) is 3.18. The summed E-state index contributed by atoms with van der Waals surface area (Å²) in [5.41, 5.74) is 3.42. The molecular formula is C26H22N2O3. The van der Waals surface area contributed by atoms with Crippen molar-refractivity contribution in [1.29, 1.82) is 0 Å². The molecule has 0 saturated heterocycles. The highest BCUT2D eigenvalue weighted by Crippen LogP contribution is 2.23. The lowest BCUT2D eigenvalue weighted by atomic mass is 10.1. The Labute approximate surface area is 181 Å². The second-order valence-electron chi connectivity index (χ2n) is 6.90. The molecule has 0 spiro atoms. The van der Waals surface area contributed by atoms with Crippen LogP contribution in [0.1, 0.15) is 21.7 Å². The number of hydrogen-bond donors (Lipinski definition) is 0. The third kappa shape index (κ3) is 5.08. The minimum absolute atomic E-state index is 0.380. The largest absolute Gasteiger partial charge is 0.465 e. The van der Waals surface area contributed by atoms with Crippen molar-refractivity contribution in [3.8, 4) is 11.3 Å². The van der Waals surface area contributed by atoms with Crippen LogP contribution in [0.3, 0.4) is 0 Å². The maximum Gasteiger partial charge on any atom is 0.337 e. The van der Waals surface area contributed by atoms with Crippen molar-refractivity contribution in [2.24, 2.45) is 5.10 Å². The van der Waals surface area contributed by atoms with E-state index in [1.807, 2.05) is 71.7 Å². The van der Waals surface area contributed by atoms with Crippen LogP contribution < -0.4 is 5.01 Å². The van der Waals surface area contributed by atoms with Crippen molar-refractivity contribution >= 4 is 17.9 Å². The molecule has 31 heavy (non-hydrogen) atoms. The second-order valence-corrected chi connectivity index (χ2v) is 6.90. The number of rotatable bonds is 7. The molecule has 154 valence electrons. The molecule has 1 aromatic heterocycles. The number of carbonyl (C=O) groups is 1. The van der Waals surface area contributed by atoms with Gasteiger partial charge in [0.25, 0.3) is 0 Å². The van der Waals surface area contributed by atoms with Crippen LogP contribution in [0.2, 0.25) is 0 Å². The van der Waals surface area contributed by atoms with E-state index in [0.717, 1.165) is 16.8 Å². The number of ether oxygens (including phenoxy) is 1. The van der Waals surface area contributed by atoms with Crippen molar-refractivity contribution in [2.45, 2.75) is 6.54 Å². The molecule has 0 aliphatic heterocycles. The van der Waals surface area contributed by atoms with Crippen molar-refractivity contribution in [3.63, 3.8) is 0 Å². The maximum absolute atomic E-state index is 11.8. The second kappa shape index (κ2) is 9.59. The standard InChI is InChI=1S/C26H22N2O3/c1-30-26(29)22-12-8-11-21(17-22)25-16-15-24(31-25)18-27-28(23-13-6-3-7-14-23)19-20-9-4-2-5-10-20/h2-18H,19H2,1H3. The zero-order chi connectivity index (χ0) is 21.5. The fourth-order valence-corrected chi connectivity index (χ4v) is 3.18. The van der Waals surface area contributed by atoms with Crippen molar-refractivity contribution < 1.29 is 13.9 Å². The Balaban J connectivity index is 1.56. The van der Waals surface area contributed by atoms with Gasteiger partial charge in [-0.1, -0.05) is 60.7 Å². The lowest BCUT2D eigenvalue weighted by molar-refractivity contribution is 0.0601. The van der Waals surface area contributed by atoms with Gasteiger partial charge in [-0.05, 0) is 42.0 Å². The third-order valence-electron chi connectivity index (χ3n) is 4.75. The average molecular weight is 410 g/mol. The molecule has 5 nitrogen and oxygen atoms in total. The van der Waals surface area contributed by atoms with Gasteiger partial charge in [0, 0.05) is 5.56 Å². The van der Waals surface area contributed by atoms with E-state index in [1.165, 1.54) is 7.11 Å². The summed E-state index contributed by atoms with van der Waals surface area (Å²) in [5.74, 6) is 0.892. The summed E-state index contributed by atoms with van der Waals surface area (Å²) in [5, 5.41) is 6.59. The molecule has 0 radical (unpaired) electrons. The van der Waals surface area contributed by atoms with Gasteiger partial charge < -0.3 is 9.15 Å². The molecule has 1 heterocycles.